The zero-order chi connectivity index (χ0) is 13.5. The summed E-state index contributed by atoms with van der Waals surface area (Å²) in [5.41, 5.74) is 2.16. The molecule has 1 aromatic carbocycles. The molecular weight excluding hydrogens is 375 g/mol. The van der Waals surface area contributed by atoms with Crippen molar-refractivity contribution in [1.82, 2.24) is 9.55 Å². The third kappa shape index (κ3) is 2.38. The van der Waals surface area contributed by atoms with Crippen LogP contribution in [-0.4, -0.2) is 22.3 Å². The molecule has 3 rings (SSSR count). The molecule has 102 valence electrons. The number of fused-ring (bicyclic) bond motifs is 1. The summed E-state index contributed by atoms with van der Waals surface area (Å²) in [5, 5.41) is 0. The van der Waals surface area contributed by atoms with Gasteiger partial charge in [0.15, 0.2) is 0 Å². The Balaban J connectivity index is 2.05. The molecule has 1 fully saturated rings. The molecule has 0 N–H and O–H groups in total. The number of methoxy groups -OCH3 is 1. The zero-order valence-corrected chi connectivity index (χ0v) is 13.7. The van der Waals surface area contributed by atoms with Gasteiger partial charge in [-0.25, -0.2) is 4.98 Å². The normalized spacial score (nSPS) is 17.6. The van der Waals surface area contributed by atoms with Gasteiger partial charge in [-0.3, -0.25) is 0 Å². The van der Waals surface area contributed by atoms with Gasteiger partial charge in [0.05, 0.1) is 29.1 Å². The number of nitrogens with zero attached hydrogens (tertiary/aromatic N) is 2. The van der Waals surface area contributed by atoms with Crippen molar-refractivity contribution in [3.05, 3.63) is 27.6 Å². The van der Waals surface area contributed by atoms with Crippen molar-refractivity contribution in [1.29, 1.82) is 0 Å². The molecule has 2 aromatic rings. The predicted octanol–water partition coefficient (Wildman–Crippen LogP) is 3.95. The first-order valence-corrected chi connectivity index (χ1v) is 8.04. The van der Waals surface area contributed by atoms with Gasteiger partial charge in [0.25, 0.3) is 0 Å². The molecule has 0 radical (unpaired) electrons. The predicted molar refractivity (Wildman–Crippen MR) is 85.6 cm³/mol. The molecule has 0 unspecified atom stereocenters. The number of rotatable bonds is 4. The molecule has 19 heavy (non-hydrogen) atoms. The topological polar surface area (TPSA) is 27.1 Å². The van der Waals surface area contributed by atoms with E-state index in [2.05, 4.69) is 50.3 Å². The fourth-order valence-electron chi connectivity index (χ4n) is 2.72. The SMILES string of the molecule is COC1(Cn2c(CCl)nc3cc(I)ccc32)CCC1. The lowest BCUT2D eigenvalue weighted by Crippen LogP contribution is -2.43. The van der Waals surface area contributed by atoms with Crippen molar-refractivity contribution < 1.29 is 4.74 Å². The van der Waals surface area contributed by atoms with E-state index in [1.165, 1.54) is 9.99 Å². The summed E-state index contributed by atoms with van der Waals surface area (Å²) in [5.74, 6) is 1.37. The molecule has 1 aliphatic carbocycles. The maximum atomic E-state index is 6.05. The first-order chi connectivity index (χ1) is 9.17. The lowest BCUT2D eigenvalue weighted by atomic mass is 9.80. The van der Waals surface area contributed by atoms with Crippen molar-refractivity contribution >= 4 is 45.2 Å². The Morgan fingerprint density at radius 2 is 2.26 bits per heavy atom. The molecule has 0 aliphatic heterocycles. The van der Waals surface area contributed by atoms with Gasteiger partial charge in [0.1, 0.15) is 5.82 Å². The summed E-state index contributed by atoms with van der Waals surface area (Å²) in [6.45, 7) is 0.850. The fourth-order valence-corrected chi connectivity index (χ4v) is 3.40. The molecule has 0 spiro atoms. The second-order valence-electron chi connectivity index (χ2n) is 5.12. The minimum Gasteiger partial charge on any atom is -0.376 e. The number of aromatic nitrogens is 2. The molecule has 1 saturated carbocycles. The maximum Gasteiger partial charge on any atom is 0.124 e. The Labute approximate surface area is 131 Å². The molecule has 1 heterocycles. The number of hydrogen-bond donors (Lipinski definition) is 0. The number of alkyl halides is 1. The average molecular weight is 391 g/mol. The highest BCUT2D eigenvalue weighted by Gasteiger charge is 2.38. The van der Waals surface area contributed by atoms with Crippen LogP contribution < -0.4 is 0 Å². The third-order valence-electron chi connectivity index (χ3n) is 4.05. The number of hydrogen-bond acceptors (Lipinski definition) is 2. The van der Waals surface area contributed by atoms with Crippen molar-refractivity contribution in [2.45, 2.75) is 37.3 Å². The molecule has 3 nitrogen and oxygen atoms in total. The van der Waals surface area contributed by atoms with Gasteiger partial charge < -0.3 is 9.30 Å². The molecule has 5 heteroatoms. The van der Waals surface area contributed by atoms with Crippen LogP contribution in [-0.2, 0) is 17.2 Å². The molecule has 0 bridgehead atoms. The summed E-state index contributed by atoms with van der Waals surface area (Å²) >= 11 is 8.36. The lowest BCUT2D eigenvalue weighted by Gasteiger charge is -2.41. The number of imidazole rings is 1. The van der Waals surface area contributed by atoms with Crippen LogP contribution in [0.2, 0.25) is 0 Å². The quantitative estimate of drug-likeness (QED) is 0.584. The first-order valence-electron chi connectivity index (χ1n) is 6.43. The van der Waals surface area contributed by atoms with E-state index in [-0.39, 0.29) is 5.60 Å². The van der Waals surface area contributed by atoms with E-state index in [0.717, 1.165) is 36.2 Å². The van der Waals surface area contributed by atoms with Crippen LogP contribution in [0, 0.1) is 3.57 Å². The van der Waals surface area contributed by atoms with Crippen molar-refractivity contribution in [2.24, 2.45) is 0 Å². The molecule has 0 amide bonds. The van der Waals surface area contributed by atoms with Gasteiger partial charge in [0, 0.05) is 10.7 Å². The van der Waals surface area contributed by atoms with Crippen molar-refractivity contribution in [3.63, 3.8) is 0 Å². The smallest absolute Gasteiger partial charge is 0.124 e. The van der Waals surface area contributed by atoms with E-state index >= 15 is 0 Å². The van der Waals surface area contributed by atoms with Gasteiger partial charge in [-0.15, -0.1) is 11.6 Å². The Morgan fingerprint density at radius 1 is 1.47 bits per heavy atom. The van der Waals surface area contributed by atoms with Crippen LogP contribution in [0.1, 0.15) is 25.1 Å². The van der Waals surface area contributed by atoms with Crippen LogP contribution in [0.4, 0.5) is 0 Å². The molecule has 1 aliphatic rings. The highest BCUT2D eigenvalue weighted by Crippen LogP contribution is 2.37. The first kappa shape index (κ1) is 13.6. The summed E-state index contributed by atoms with van der Waals surface area (Å²) in [4.78, 5) is 4.64. The lowest BCUT2D eigenvalue weighted by molar-refractivity contribution is -0.0831. The van der Waals surface area contributed by atoms with E-state index in [9.17, 15) is 0 Å². The second kappa shape index (κ2) is 5.22. The summed E-state index contributed by atoms with van der Waals surface area (Å²) in [7, 11) is 1.81. The minimum absolute atomic E-state index is 0.0164. The minimum atomic E-state index is -0.0164. The second-order valence-corrected chi connectivity index (χ2v) is 6.63. The standard InChI is InChI=1S/C14H16ClIN2O/c1-19-14(5-2-6-14)9-18-12-4-3-10(16)7-11(12)17-13(18)8-15/h3-4,7H,2,5-6,8-9H2,1H3. The Hall–Kier alpha value is -0.330. The van der Waals surface area contributed by atoms with Gasteiger partial charge >= 0.3 is 0 Å². The Kier molecular flexibility index (Phi) is 3.75. The molecule has 0 atom stereocenters. The largest absolute Gasteiger partial charge is 0.376 e. The van der Waals surface area contributed by atoms with Crippen molar-refractivity contribution in [3.8, 4) is 0 Å². The van der Waals surface area contributed by atoms with Crippen molar-refractivity contribution in [2.75, 3.05) is 7.11 Å². The highest BCUT2D eigenvalue weighted by molar-refractivity contribution is 14.1. The summed E-state index contributed by atoms with van der Waals surface area (Å²) in [6, 6.07) is 6.34. The van der Waals surface area contributed by atoms with Crippen LogP contribution in [0.25, 0.3) is 11.0 Å². The van der Waals surface area contributed by atoms with E-state index in [4.69, 9.17) is 16.3 Å². The van der Waals surface area contributed by atoms with Gasteiger partial charge in [-0.05, 0) is 60.1 Å². The summed E-state index contributed by atoms with van der Waals surface area (Å²) in [6.07, 6.45) is 3.49. The van der Waals surface area contributed by atoms with Crippen LogP contribution >= 0.6 is 34.2 Å². The molecular formula is C14H16ClIN2O. The number of benzene rings is 1. The van der Waals surface area contributed by atoms with E-state index in [1.54, 1.807) is 0 Å². The average Bonchev–Trinajstić information content (AvgIpc) is 2.70. The van der Waals surface area contributed by atoms with Gasteiger partial charge in [-0.1, -0.05) is 0 Å². The Bertz CT molecular complexity index is 601. The monoisotopic (exact) mass is 390 g/mol. The fraction of sp³-hybridized carbons (Fsp3) is 0.500. The molecule has 0 saturated heterocycles. The maximum absolute atomic E-state index is 6.05. The number of halogens is 2. The zero-order valence-electron chi connectivity index (χ0n) is 10.8. The third-order valence-corrected chi connectivity index (χ3v) is 4.96. The van der Waals surface area contributed by atoms with Crippen LogP contribution in [0.3, 0.4) is 0 Å². The van der Waals surface area contributed by atoms with E-state index in [1.807, 2.05) is 7.11 Å². The highest BCUT2D eigenvalue weighted by atomic mass is 127. The molecule has 1 aromatic heterocycles. The Morgan fingerprint density at radius 3 is 2.84 bits per heavy atom. The summed E-state index contributed by atoms with van der Waals surface area (Å²) < 4.78 is 9.14. The van der Waals surface area contributed by atoms with E-state index < -0.39 is 0 Å². The van der Waals surface area contributed by atoms with E-state index in [0.29, 0.717) is 5.88 Å². The van der Waals surface area contributed by atoms with Gasteiger partial charge in [-0.2, -0.15) is 0 Å². The number of ether oxygens (including phenoxy) is 1. The van der Waals surface area contributed by atoms with Crippen LogP contribution in [0.5, 0.6) is 0 Å². The van der Waals surface area contributed by atoms with Gasteiger partial charge in [0.2, 0.25) is 0 Å². The van der Waals surface area contributed by atoms with Crippen LogP contribution in [0.15, 0.2) is 18.2 Å².